The van der Waals surface area contributed by atoms with Gasteiger partial charge in [0.15, 0.2) is 0 Å². The summed E-state index contributed by atoms with van der Waals surface area (Å²) in [5.74, 6) is -0.0200. The zero-order chi connectivity index (χ0) is 21.1. The zero-order valence-corrected chi connectivity index (χ0v) is 17.6. The molecule has 4 rings (SSSR count). The van der Waals surface area contributed by atoms with Crippen LogP contribution >= 0.6 is 11.6 Å². The van der Waals surface area contributed by atoms with Crippen molar-refractivity contribution in [2.75, 3.05) is 23.7 Å². The highest BCUT2D eigenvalue weighted by Gasteiger charge is 2.49. The molecule has 2 aliphatic rings. The number of urea groups is 1. The van der Waals surface area contributed by atoms with Gasteiger partial charge in [-0.3, -0.25) is 9.78 Å². The van der Waals surface area contributed by atoms with E-state index in [0.29, 0.717) is 42.3 Å². The van der Waals surface area contributed by atoms with Gasteiger partial charge in [0.25, 0.3) is 5.91 Å². The Morgan fingerprint density at radius 2 is 1.97 bits per heavy atom. The number of hydrogen-bond donors (Lipinski definition) is 2. The first-order valence-electron chi connectivity index (χ1n) is 10.2. The Kier molecular flexibility index (Phi) is 5.92. The molecule has 3 unspecified atom stereocenters. The number of pyridine rings is 1. The predicted molar refractivity (Wildman–Crippen MR) is 116 cm³/mol. The number of likely N-dealkylation sites (tertiary alicyclic amines) is 1. The number of rotatable bonds is 3. The second-order valence-corrected chi connectivity index (χ2v) is 8.41. The monoisotopic (exact) mass is 428 g/mol. The van der Waals surface area contributed by atoms with Gasteiger partial charge in [-0.1, -0.05) is 18.5 Å². The summed E-state index contributed by atoms with van der Waals surface area (Å²) >= 11 is 5.90. The van der Waals surface area contributed by atoms with Gasteiger partial charge < -0.3 is 20.3 Å². The smallest absolute Gasteiger partial charge is 0.321 e. The highest BCUT2D eigenvalue weighted by atomic mass is 35.5. The summed E-state index contributed by atoms with van der Waals surface area (Å²) in [5, 5.41) is 6.41. The first-order chi connectivity index (χ1) is 14.4. The summed E-state index contributed by atoms with van der Waals surface area (Å²) in [6.45, 7) is 3.25. The second kappa shape index (κ2) is 8.62. The van der Waals surface area contributed by atoms with Crippen LogP contribution in [-0.2, 0) is 9.53 Å². The number of aromatic nitrogens is 1. The maximum absolute atomic E-state index is 12.6. The molecular formula is C22H25ClN4O3. The number of halogens is 1. The summed E-state index contributed by atoms with van der Waals surface area (Å²) in [7, 11) is 0. The van der Waals surface area contributed by atoms with E-state index in [2.05, 4.69) is 22.5 Å². The van der Waals surface area contributed by atoms with E-state index in [1.165, 1.54) is 0 Å². The number of nitrogens with one attached hydrogen (secondary N) is 2. The fraction of sp³-hybridized carbons (Fsp3) is 0.409. The van der Waals surface area contributed by atoms with Crippen molar-refractivity contribution in [3.05, 3.63) is 53.8 Å². The van der Waals surface area contributed by atoms with Crippen LogP contribution in [0.1, 0.15) is 26.2 Å². The minimum absolute atomic E-state index is 0.124. The average Bonchev–Trinajstić information content (AvgIpc) is 3.18. The third kappa shape index (κ3) is 4.42. The number of benzene rings is 1. The molecule has 3 heterocycles. The van der Waals surface area contributed by atoms with Gasteiger partial charge in [-0.25, -0.2) is 4.79 Å². The van der Waals surface area contributed by atoms with Crippen LogP contribution in [0.3, 0.4) is 0 Å². The highest BCUT2D eigenvalue weighted by molar-refractivity contribution is 6.30. The zero-order valence-electron chi connectivity index (χ0n) is 16.8. The van der Waals surface area contributed by atoms with Crippen LogP contribution in [0.5, 0.6) is 0 Å². The summed E-state index contributed by atoms with van der Waals surface area (Å²) in [4.78, 5) is 31.1. The Labute approximate surface area is 180 Å². The lowest BCUT2D eigenvalue weighted by Crippen LogP contribution is -2.53. The Bertz CT molecular complexity index is 908. The molecule has 2 saturated heterocycles. The van der Waals surface area contributed by atoms with Crippen molar-refractivity contribution in [2.45, 2.75) is 37.9 Å². The van der Waals surface area contributed by atoms with Crippen LogP contribution in [0.4, 0.5) is 16.2 Å². The van der Waals surface area contributed by atoms with Gasteiger partial charge >= 0.3 is 6.03 Å². The predicted octanol–water partition coefficient (Wildman–Crippen LogP) is 4.17. The standard InChI is InChI=1S/C22H25ClN4O3/c1-15-14-27(21(29)26-17-6-4-16(23)5-7-17)12-10-22(15)9-8-19(30-22)20(28)25-18-3-2-11-24-13-18/h2-7,11,13,15,19H,8-10,12,14H2,1H3,(H,25,28)(H,26,29). The minimum atomic E-state index is -0.484. The van der Waals surface area contributed by atoms with Crippen LogP contribution in [-0.4, -0.2) is 46.6 Å². The molecule has 8 heteroatoms. The number of carbonyl (C=O) groups is 2. The number of carbonyl (C=O) groups excluding carboxylic acids is 2. The van der Waals surface area contributed by atoms with E-state index < -0.39 is 6.10 Å². The van der Waals surface area contributed by atoms with E-state index in [0.717, 1.165) is 6.42 Å². The van der Waals surface area contributed by atoms with Crippen LogP contribution in [0.15, 0.2) is 48.8 Å². The SMILES string of the molecule is CC1CN(C(=O)Nc2ccc(Cl)cc2)CCC12CCC(C(=O)Nc1cccnc1)O2. The molecule has 7 nitrogen and oxygen atoms in total. The third-order valence-corrected chi connectivity index (χ3v) is 6.26. The maximum Gasteiger partial charge on any atom is 0.321 e. The van der Waals surface area contributed by atoms with Gasteiger partial charge in [0.2, 0.25) is 0 Å². The number of piperidine rings is 1. The number of ether oxygens (including phenoxy) is 1. The molecule has 3 amide bonds. The number of anilines is 2. The molecule has 2 fully saturated rings. The Morgan fingerprint density at radius 1 is 1.17 bits per heavy atom. The van der Waals surface area contributed by atoms with Crippen LogP contribution < -0.4 is 10.6 Å². The summed E-state index contributed by atoms with van der Waals surface area (Å²) in [6, 6.07) is 10.5. The lowest BCUT2D eigenvalue weighted by Gasteiger charge is -2.44. The number of amides is 3. The normalized spacial score (nSPS) is 25.9. The third-order valence-electron chi connectivity index (χ3n) is 6.01. The van der Waals surface area contributed by atoms with Gasteiger partial charge in [-0.2, -0.15) is 0 Å². The Hall–Kier alpha value is -2.64. The van der Waals surface area contributed by atoms with E-state index in [4.69, 9.17) is 16.3 Å². The molecule has 0 saturated carbocycles. The quantitative estimate of drug-likeness (QED) is 0.768. The number of hydrogen-bond acceptors (Lipinski definition) is 4. The van der Waals surface area contributed by atoms with Crippen molar-refractivity contribution in [1.29, 1.82) is 0 Å². The van der Waals surface area contributed by atoms with E-state index >= 15 is 0 Å². The molecule has 30 heavy (non-hydrogen) atoms. The molecular weight excluding hydrogens is 404 g/mol. The van der Waals surface area contributed by atoms with E-state index in [1.54, 1.807) is 53.7 Å². The van der Waals surface area contributed by atoms with E-state index in [1.807, 2.05) is 0 Å². The van der Waals surface area contributed by atoms with Crippen molar-refractivity contribution in [1.82, 2.24) is 9.88 Å². The van der Waals surface area contributed by atoms with Crippen molar-refractivity contribution in [3.8, 4) is 0 Å². The van der Waals surface area contributed by atoms with Crippen LogP contribution in [0.25, 0.3) is 0 Å². The van der Waals surface area contributed by atoms with Crippen molar-refractivity contribution in [2.24, 2.45) is 5.92 Å². The molecule has 3 atom stereocenters. The largest absolute Gasteiger partial charge is 0.362 e. The summed E-state index contributed by atoms with van der Waals surface area (Å²) < 4.78 is 6.29. The molecule has 1 aromatic heterocycles. The lowest BCUT2D eigenvalue weighted by molar-refractivity contribution is -0.141. The molecule has 1 aromatic carbocycles. The average molecular weight is 429 g/mol. The van der Waals surface area contributed by atoms with E-state index in [9.17, 15) is 9.59 Å². The van der Waals surface area contributed by atoms with Crippen molar-refractivity contribution < 1.29 is 14.3 Å². The van der Waals surface area contributed by atoms with Crippen molar-refractivity contribution >= 4 is 34.9 Å². The van der Waals surface area contributed by atoms with Crippen LogP contribution in [0, 0.1) is 5.92 Å². The van der Waals surface area contributed by atoms with Gasteiger partial charge in [0, 0.05) is 35.9 Å². The molecule has 2 aromatic rings. The molecule has 2 N–H and O–H groups in total. The summed E-state index contributed by atoms with van der Waals surface area (Å²) in [6.07, 6.45) is 4.98. The fourth-order valence-electron chi connectivity index (χ4n) is 4.25. The first kappa shape index (κ1) is 20.6. The highest BCUT2D eigenvalue weighted by Crippen LogP contribution is 2.42. The molecule has 0 radical (unpaired) electrons. The maximum atomic E-state index is 12.6. The van der Waals surface area contributed by atoms with Gasteiger partial charge in [0.1, 0.15) is 6.10 Å². The van der Waals surface area contributed by atoms with Crippen molar-refractivity contribution in [3.63, 3.8) is 0 Å². The Balaban J connectivity index is 1.33. The van der Waals surface area contributed by atoms with E-state index in [-0.39, 0.29) is 23.5 Å². The summed E-state index contributed by atoms with van der Waals surface area (Å²) in [5.41, 5.74) is 1.00. The molecule has 2 aliphatic heterocycles. The fourth-order valence-corrected chi connectivity index (χ4v) is 4.37. The molecule has 158 valence electrons. The second-order valence-electron chi connectivity index (χ2n) is 7.98. The van der Waals surface area contributed by atoms with Gasteiger partial charge in [0.05, 0.1) is 17.5 Å². The minimum Gasteiger partial charge on any atom is -0.362 e. The molecule has 0 bridgehead atoms. The van der Waals surface area contributed by atoms with Gasteiger partial charge in [-0.15, -0.1) is 0 Å². The Morgan fingerprint density at radius 3 is 2.67 bits per heavy atom. The van der Waals surface area contributed by atoms with Crippen LogP contribution in [0.2, 0.25) is 5.02 Å². The topological polar surface area (TPSA) is 83.6 Å². The molecule has 0 aliphatic carbocycles. The molecule has 1 spiro atoms. The lowest BCUT2D eigenvalue weighted by atomic mass is 9.80. The first-order valence-corrected chi connectivity index (χ1v) is 10.5. The number of nitrogens with zero attached hydrogens (tertiary/aromatic N) is 2. The van der Waals surface area contributed by atoms with Gasteiger partial charge in [-0.05, 0) is 55.7 Å².